The maximum absolute atomic E-state index is 14.8. The van der Waals surface area contributed by atoms with Crippen molar-refractivity contribution in [3.63, 3.8) is 0 Å². The maximum Gasteiger partial charge on any atom is 0.240 e. The number of aliphatic hydroxyl groups is 2. The van der Waals surface area contributed by atoms with E-state index in [1.54, 1.807) is 0 Å². The van der Waals surface area contributed by atoms with Crippen LogP contribution in [0.25, 0.3) is 5.65 Å². The summed E-state index contributed by atoms with van der Waals surface area (Å²) in [6.07, 6.45) is -2.36. The summed E-state index contributed by atoms with van der Waals surface area (Å²) in [6, 6.07) is 0. The minimum absolute atomic E-state index is 0.0477. The van der Waals surface area contributed by atoms with E-state index in [1.807, 2.05) is 0 Å². The van der Waals surface area contributed by atoms with Gasteiger partial charge in [-0.25, -0.2) is 13.9 Å². The van der Waals surface area contributed by atoms with E-state index in [0.717, 1.165) is 0 Å². The van der Waals surface area contributed by atoms with Crippen LogP contribution in [0.2, 0.25) is 0 Å². The highest BCUT2D eigenvalue weighted by Gasteiger charge is 2.55. The third-order valence-electron chi connectivity index (χ3n) is 3.63. The van der Waals surface area contributed by atoms with Crippen molar-refractivity contribution in [2.75, 3.05) is 18.1 Å². The molecule has 1 fully saturated rings. The molecule has 0 saturated carbocycles. The number of nitrogens with two attached hydrogens (primary N) is 2. The molecule has 1 saturated heterocycles. The SMILES string of the molecule is CC1(F)C(c2cnc3c(N)nc(N)nn23)OC(CO)C1O. The molecule has 10 heteroatoms. The molecule has 9 nitrogen and oxygen atoms in total. The summed E-state index contributed by atoms with van der Waals surface area (Å²) >= 11 is 0. The van der Waals surface area contributed by atoms with E-state index in [-0.39, 0.29) is 23.1 Å². The quantitative estimate of drug-likeness (QED) is 0.541. The molecule has 6 N–H and O–H groups in total. The Labute approximate surface area is 118 Å². The molecule has 2 aromatic heterocycles. The van der Waals surface area contributed by atoms with Gasteiger partial charge in [0.25, 0.3) is 0 Å². The second-order valence-corrected chi connectivity index (χ2v) is 5.11. The van der Waals surface area contributed by atoms with Crippen LogP contribution in [-0.4, -0.2) is 54.3 Å². The van der Waals surface area contributed by atoms with Crippen molar-refractivity contribution < 1.29 is 19.3 Å². The molecule has 0 amide bonds. The predicted molar refractivity (Wildman–Crippen MR) is 69.8 cm³/mol. The van der Waals surface area contributed by atoms with Crippen molar-refractivity contribution in [1.82, 2.24) is 19.6 Å². The molecule has 0 radical (unpaired) electrons. The Morgan fingerprint density at radius 2 is 2.24 bits per heavy atom. The molecule has 4 atom stereocenters. The van der Waals surface area contributed by atoms with Gasteiger partial charge in [0.15, 0.2) is 17.1 Å². The molecule has 4 unspecified atom stereocenters. The summed E-state index contributed by atoms with van der Waals surface area (Å²) < 4.78 is 21.4. The molecule has 0 bridgehead atoms. The number of alkyl halides is 1. The van der Waals surface area contributed by atoms with Crippen molar-refractivity contribution in [2.24, 2.45) is 0 Å². The summed E-state index contributed by atoms with van der Waals surface area (Å²) in [7, 11) is 0. The van der Waals surface area contributed by atoms with Gasteiger partial charge >= 0.3 is 0 Å². The molecule has 21 heavy (non-hydrogen) atoms. The first-order valence-corrected chi connectivity index (χ1v) is 6.26. The van der Waals surface area contributed by atoms with E-state index in [0.29, 0.717) is 0 Å². The Kier molecular flexibility index (Phi) is 2.97. The van der Waals surface area contributed by atoms with Crippen LogP contribution >= 0.6 is 0 Å². The molecule has 0 aliphatic carbocycles. The van der Waals surface area contributed by atoms with Gasteiger partial charge in [0.05, 0.1) is 18.5 Å². The summed E-state index contributed by atoms with van der Waals surface area (Å²) in [5, 5.41) is 23.0. The van der Waals surface area contributed by atoms with Gasteiger partial charge in [-0.15, -0.1) is 5.10 Å². The third-order valence-corrected chi connectivity index (χ3v) is 3.63. The van der Waals surface area contributed by atoms with Crippen molar-refractivity contribution >= 4 is 17.4 Å². The lowest BCUT2D eigenvalue weighted by Gasteiger charge is -2.23. The minimum atomic E-state index is -2.13. The number of hydrogen-bond donors (Lipinski definition) is 4. The van der Waals surface area contributed by atoms with Crippen LogP contribution in [0, 0.1) is 0 Å². The Balaban J connectivity index is 2.13. The van der Waals surface area contributed by atoms with Gasteiger partial charge in [0.2, 0.25) is 5.95 Å². The Bertz CT molecular complexity index is 690. The number of aliphatic hydroxyl groups excluding tert-OH is 2. The first kappa shape index (κ1) is 13.9. The number of nitrogen functional groups attached to an aromatic ring is 2. The molecular weight excluding hydrogens is 283 g/mol. The smallest absolute Gasteiger partial charge is 0.240 e. The highest BCUT2D eigenvalue weighted by molar-refractivity contribution is 5.60. The topological polar surface area (TPSA) is 145 Å². The van der Waals surface area contributed by atoms with Gasteiger partial charge in [0.1, 0.15) is 18.3 Å². The van der Waals surface area contributed by atoms with Crippen LogP contribution < -0.4 is 11.5 Å². The summed E-state index contributed by atoms with van der Waals surface area (Å²) in [4.78, 5) is 7.77. The number of nitrogens with zero attached hydrogens (tertiary/aromatic N) is 4. The number of hydrogen-bond acceptors (Lipinski definition) is 8. The number of ether oxygens (including phenoxy) is 1. The Hall–Kier alpha value is -2.04. The zero-order valence-corrected chi connectivity index (χ0v) is 11.1. The highest BCUT2D eigenvalue weighted by atomic mass is 19.1. The summed E-state index contributed by atoms with van der Waals surface area (Å²) in [5.41, 5.74) is 9.51. The molecule has 0 aromatic carbocycles. The van der Waals surface area contributed by atoms with Crippen molar-refractivity contribution in [3.8, 4) is 0 Å². The number of imidazole rings is 1. The molecule has 114 valence electrons. The first-order chi connectivity index (χ1) is 9.86. The zero-order valence-electron chi connectivity index (χ0n) is 11.1. The van der Waals surface area contributed by atoms with Crippen molar-refractivity contribution in [1.29, 1.82) is 0 Å². The van der Waals surface area contributed by atoms with Crippen LogP contribution in [0.5, 0.6) is 0 Å². The lowest BCUT2D eigenvalue weighted by atomic mass is 9.93. The standard InChI is InChI=1S/C11H15FN6O3/c1-11(12)6(20)5(3-19)21-7(11)4-2-15-9-8(13)16-10(14)17-18(4)9/h2,5-7,19-20H,3H2,1H3,(H4,13,14,16,17). The monoisotopic (exact) mass is 298 g/mol. The third kappa shape index (κ3) is 1.91. The number of fused-ring (bicyclic) bond motifs is 1. The van der Waals surface area contributed by atoms with Gasteiger partial charge < -0.3 is 26.4 Å². The molecule has 3 heterocycles. The first-order valence-electron chi connectivity index (χ1n) is 6.26. The van der Waals surface area contributed by atoms with Gasteiger partial charge in [-0.1, -0.05) is 0 Å². The fourth-order valence-corrected chi connectivity index (χ4v) is 2.52. The van der Waals surface area contributed by atoms with Gasteiger partial charge in [-0.3, -0.25) is 0 Å². The molecule has 3 rings (SSSR count). The second kappa shape index (κ2) is 4.48. The fraction of sp³-hybridized carbons (Fsp3) is 0.545. The minimum Gasteiger partial charge on any atom is -0.394 e. The number of aromatic nitrogens is 4. The number of rotatable bonds is 2. The lowest BCUT2D eigenvalue weighted by Crippen LogP contribution is -2.39. The predicted octanol–water partition coefficient (Wildman–Crippen LogP) is -1.19. The van der Waals surface area contributed by atoms with Gasteiger partial charge in [-0.05, 0) is 6.92 Å². The second-order valence-electron chi connectivity index (χ2n) is 5.11. The maximum atomic E-state index is 14.8. The van der Waals surface area contributed by atoms with Crippen LogP contribution in [0.3, 0.4) is 0 Å². The molecule has 1 aliphatic rings. The summed E-state index contributed by atoms with van der Waals surface area (Å²) in [5.74, 6) is -0.0522. The van der Waals surface area contributed by atoms with Gasteiger partial charge in [0, 0.05) is 0 Å². The molecular formula is C11H15FN6O3. The molecule has 2 aromatic rings. The highest BCUT2D eigenvalue weighted by Crippen LogP contribution is 2.44. The van der Waals surface area contributed by atoms with E-state index in [2.05, 4.69) is 15.1 Å². The lowest BCUT2D eigenvalue weighted by molar-refractivity contribution is -0.0248. The van der Waals surface area contributed by atoms with Crippen molar-refractivity contribution in [2.45, 2.75) is 30.9 Å². The van der Waals surface area contributed by atoms with E-state index in [9.17, 15) is 9.50 Å². The van der Waals surface area contributed by atoms with Crippen LogP contribution in [0.1, 0.15) is 18.7 Å². The fourth-order valence-electron chi connectivity index (χ4n) is 2.52. The Morgan fingerprint density at radius 1 is 1.52 bits per heavy atom. The zero-order chi connectivity index (χ0) is 15.4. The van der Waals surface area contributed by atoms with Gasteiger partial charge in [-0.2, -0.15) is 4.98 Å². The summed E-state index contributed by atoms with van der Waals surface area (Å²) in [6.45, 7) is 0.679. The van der Waals surface area contributed by atoms with Crippen molar-refractivity contribution in [3.05, 3.63) is 11.9 Å². The number of anilines is 2. The average Bonchev–Trinajstić information content (AvgIpc) is 2.91. The Morgan fingerprint density at radius 3 is 2.86 bits per heavy atom. The largest absolute Gasteiger partial charge is 0.394 e. The van der Waals surface area contributed by atoms with Crippen LogP contribution in [0.15, 0.2) is 6.20 Å². The molecule has 1 aliphatic heterocycles. The van der Waals surface area contributed by atoms with E-state index in [4.69, 9.17) is 21.3 Å². The van der Waals surface area contributed by atoms with E-state index >= 15 is 0 Å². The van der Waals surface area contributed by atoms with Crippen LogP contribution in [-0.2, 0) is 4.74 Å². The van der Waals surface area contributed by atoms with Crippen LogP contribution in [0.4, 0.5) is 16.2 Å². The number of halogens is 1. The molecule has 0 spiro atoms. The van der Waals surface area contributed by atoms with E-state index in [1.165, 1.54) is 17.6 Å². The normalized spacial score (nSPS) is 32.9. The van der Waals surface area contributed by atoms with E-state index < -0.39 is 30.6 Å². The average molecular weight is 298 g/mol.